The molecule has 0 aliphatic carbocycles. The summed E-state index contributed by atoms with van der Waals surface area (Å²) in [6.45, 7) is 5.03. The number of hydrogen-bond acceptors (Lipinski definition) is 4. The minimum atomic E-state index is -0.519. The van der Waals surface area contributed by atoms with Gasteiger partial charge in [0.05, 0.1) is 17.5 Å². The fourth-order valence-electron chi connectivity index (χ4n) is 2.60. The monoisotopic (exact) mass is 397 g/mol. The van der Waals surface area contributed by atoms with Crippen molar-refractivity contribution in [3.8, 4) is 0 Å². The van der Waals surface area contributed by atoms with Gasteiger partial charge < -0.3 is 15.5 Å². The number of nitrogens with one attached hydrogen (secondary N) is 2. The van der Waals surface area contributed by atoms with Crippen LogP contribution in [0.2, 0.25) is 5.02 Å². The van der Waals surface area contributed by atoms with Gasteiger partial charge in [0.15, 0.2) is 0 Å². The quantitative estimate of drug-likeness (QED) is 0.707. The SMILES string of the molecule is CCCNC(=O)CN(CCC)C(=O)CC1Sc2ccc(Cl)cc2NC1=O. The van der Waals surface area contributed by atoms with Crippen molar-refractivity contribution in [2.24, 2.45) is 0 Å². The Morgan fingerprint density at radius 1 is 1.31 bits per heavy atom. The van der Waals surface area contributed by atoms with Gasteiger partial charge in [-0.1, -0.05) is 25.4 Å². The number of hydrogen-bond donors (Lipinski definition) is 2. The number of amides is 3. The Morgan fingerprint density at radius 3 is 2.77 bits per heavy atom. The molecule has 2 rings (SSSR count). The number of nitrogens with zero attached hydrogens (tertiary/aromatic N) is 1. The molecule has 6 nitrogen and oxygen atoms in total. The van der Waals surface area contributed by atoms with Crippen LogP contribution in [0.5, 0.6) is 0 Å². The maximum atomic E-state index is 12.7. The van der Waals surface area contributed by atoms with Crippen molar-refractivity contribution in [1.82, 2.24) is 10.2 Å². The van der Waals surface area contributed by atoms with Crippen LogP contribution >= 0.6 is 23.4 Å². The molecule has 0 fully saturated rings. The number of anilines is 1. The Balaban J connectivity index is 2.00. The second-order valence-electron chi connectivity index (χ2n) is 6.11. The topological polar surface area (TPSA) is 78.5 Å². The summed E-state index contributed by atoms with van der Waals surface area (Å²) >= 11 is 7.30. The molecule has 26 heavy (non-hydrogen) atoms. The van der Waals surface area contributed by atoms with Crippen molar-refractivity contribution in [2.45, 2.75) is 43.3 Å². The molecule has 0 saturated carbocycles. The Hall–Kier alpha value is -1.73. The van der Waals surface area contributed by atoms with E-state index in [0.717, 1.165) is 17.7 Å². The Morgan fingerprint density at radius 2 is 2.08 bits per heavy atom. The van der Waals surface area contributed by atoms with E-state index in [1.807, 2.05) is 19.9 Å². The predicted octanol–water partition coefficient (Wildman–Crippen LogP) is 2.91. The number of halogens is 1. The summed E-state index contributed by atoms with van der Waals surface area (Å²) in [6.07, 6.45) is 1.65. The van der Waals surface area contributed by atoms with Crippen LogP contribution in [-0.4, -0.2) is 47.5 Å². The molecule has 0 saturated heterocycles. The Bertz CT molecular complexity index is 684. The van der Waals surface area contributed by atoms with E-state index in [4.69, 9.17) is 11.6 Å². The van der Waals surface area contributed by atoms with E-state index >= 15 is 0 Å². The highest BCUT2D eigenvalue weighted by Crippen LogP contribution is 2.38. The first kappa shape index (κ1) is 20.6. The molecule has 1 atom stereocenters. The second kappa shape index (κ2) is 9.83. The fraction of sp³-hybridized carbons (Fsp3) is 0.500. The van der Waals surface area contributed by atoms with Crippen LogP contribution in [-0.2, 0) is 14.4 Å². The average molecular weight is 398 g/mol. The van der Waals surface area contributed by atoms with Gasteiger partial charge >= 0.3 is 0 Å². The van der Waals surface area contributed by atoms with Crippen molar-refractivity contribution in [1.29, 1.82) is 0 Å². The molecular formula is C18H24ClN3O3S. The lowest BCUT2D eigenvalue weighted by molar-refractivity contribution is -0.136. The lowest BCUT2D eigenvalue weighted by Gasteiger charge is -2.27. The van der Waals surface area contributed by atoms with Crippen molar-refractivity contribution in [2.75, 3.05) is 25.0 Å². The molecule has 1 heterocycles. The molecule has 0 aromatic heterocycles. The number of rotatable bonds is 8. The second-order valence-corrected chi connectivity index (χ2v) is 7.79. The van der Waals surface area contributed by atoms with Crippen molar-refractivity contribution >= 4 is 46.8 Å². The highest BCUT2D eigenvalue weighted by molar-refractivity contribution is 8.01. The number of carbonyl (C=O) groups is 3. The first-order chi connectivity index (χ1) is 12.4. The molecule has 0 radical (unpaired) electrons. The highest BCUT2D eigenvalue weighted by Gasteiger charge is 2.31. The maximum Gasteiger partial charge on any atom is 0.239 e. The smallest absolute Gasteiger partial charge is 0.239 e. The van der Waals surface area contributed by atoms with Crippen LogP contribution < -0.4 is 10.6 Å². The van der Waals surface area contributed by atoms with Gasteiger partial charge in [-0.15, -0.1) is 11.8 Å². The molecular weight excluding hydrogens is 374 g/mol. The van der Waals surface area contributed by atoms with Crippen LogP contribution in [0, 0.1) is 0 Å². The van der Waals surface area contributed by atoms with Crippen LogP contribution in [0.25, 0.3) is 0 Å². The van der Waals surface area contributed by atoms with Crippen LogP contribution in [0.3, 0.4) is 0 Å². The normalized spacial score (nSPS) is 15.8. The van der Waals surface area contributed by atoms with E-state index < -0.39 is 5.25 Å². The third kappa shape index (κ3) is 5.64. The summed E-state index contributed by atoms with van der Waals surface area (Å²) in [5.74, 6) is -0.581. The predicted molar refractivity (Wildman–Crippen MR) is 105 cm³/mol. The minimum Gasteiger partial charge on any atom is -0.355 e. The van der Waals surface area contributed by atoms with Gasteiger partial charge in [-0.25, -0.2) is 0 Å². The molecule has 2 N–H and O–H groups in total. The van der Waals surface area contributed by atoms with Crippen molar-refractivity contribution in [3.05, 3.63) is 23.2 Å². The zero-order valence-corrected chi connectivity index (χ0v) is 16.6. The fourth-order valence-corrected chi connectivity index (χ4v) is 3.85. The third-order valence-electron chi connectivity index (χ3n) is 3.87. The average Bonchev–Trinajstić information content (AvgIpc) is 2.60. The standard InChI is InChI=1S/C18H24ClN3O3S/c1-3-7-20-16(23)11-22(8-4-2)17(24)10-15-18(25)21-13-9-12(19)5-6-14(13)26-15/h5-6,9,15H,3-4,7-8,10-11H2,1-2H3,(H,20,23)(H,21,25). The molecule has 1 unspecified atom stereocenters. The number of carbonyl (C=O) groups excluding carboxylic acids is 3. The van der Waals surface area contributed by atoms with E-state index in [0.29, 0.717) is 23.8 Å². The largest absolute Gasteiger partial charge is 0.355 e. The van der Waals surface area contributed by atoms with Gasteiger partial charge in [-0.3, -0.25) is 14.4 Å². The van der Waals surface area contributed by atoms with E-state index in [1.54, 1.807) is 12.1 Å². The number of thioether (sulfide) groups is 1. The van der Waals surface area contributed by atoms with E-state index in [9.17, 15) is 14.4 Å². The first-order valence-electron chi connectivity index (χ1n) is 8.76. The summed E-state index contributed by atoms with van der Waals surface area (Å²) in [5, 5.41) is 5.61. The Kier molecular flexibility index (Phi) is 7.78. The number of benzene rings is 1. The van der Waals surface area contributed by atoms with Gasteiger partial charge in [-0.05, 0) is 31.0 Å². The molecule has 1 aliphatic rings. The number of fused-ring (bicyclic) bond motifs is 1. The van der Waals surface area contributed by atoms with Crippen LogP contribution in [0.1, 0.15) is 33.1 Å². The molecule has 0 bridgehead atoms. The third-order valence-corrected chi connectivity index (χ3v) is 5.38. The van der Waals surface area contributed by atoms with E-state index in [-0.39, 0.29) is 30.7 Å². The Labute approximate surface area is 163 Å². The zero-order valence-electron chi connectivity index (χ0n) is 15.0. The van der Waals surface area contributed by atoms with E-state index in [2.05, 4.69) is 10.6 Å². The molecule has 1 aromatic rings. The zero-order chi connectivity index (χ0) is 19.1. The molecule has 142 valence electrons. The van der Waals surface area contributed by atoms with E-state index in [1.165, 1.54) is 16.7 Å². The van der Waals surface area contributed by atoms with Gasteiger partial charge in [0.2, 0.25) is 17.7 Å². The van der Waals surface area contributed by atoms with Gasteiger partial charge in [0.25, 0.3) is 0 Å². The van der Waals surface area contributed by atoms with Gasteiger partial charge in [0, 0.05) is 29.4 Å². The molecule has 1 aliphatic heterocycles. The molecule has 8 heteroatoms. The minimum absolute atomic E-state index is 0.0257. The van der Waals surface area contributed by atoms with Gasteiger partial charge in [0.1, 0.15) is 0 Å². The lowest BCUT2D eigenvalue weighted by atomic mass is 10.2. The maximum absolute atomic E-state index is 12.7. The summed E-state index contributed by atoms with van der Waals surface area (Å²) in [6, 6.07) is 5.29. The van der Waals surface area contributed by atoms with Crippen LogP contribution in [0.15, 0.2) is 23.1 Å². The summed E-state index contributed by atoms with van der Waals surface area (Å²) in [5.41, 5.74) is 0.667. The van der Waals surface area contributed by atoms with Crippen molar-refractivity contribution < 1.29 is 14.4 Å². The summed E-state index contributed by atoms with van der Waals surface area (Å²) in [7, 11) is 0. The molecule has 1 aromatic carbocycles. The lowest BCUT2D eigenvalue weighted by Crippen LogP contribution is -2.43. The highest BCUT2D eigenvalue weighted by atomic mass is 35.5. The molecule has 3 amide bonds. The summed E-state index contributed by atoms with van der Waals surface area (Å²) in [4.78, 5) is 39.3. The van der Waals surface area contributed by atoms with Crippen LogP contribution in [0.4, 0.5) is 5.69 Å². The first-order valence-corrected chi connectivity index (χ1v) is 10.0. The summed E-state index contributed by atoms with van der Waals surface area (Å²) < 4.78 is 0. The van der Waals surface area contributed by atoms with Crippen molar-refractivity contribution in [3.63, 3.8) is 0 Å². The van der Waals surface area contributed by atoms with Gasteiger partial charge in [-0.2, -0.15) is 0 Å². The molecule has 0 spiro atoms.